The zero-order valence-electron chi connectivity index (χ0n) is 16.0. The highest BCUT2D eigenvalue weighted by Crippen LogP contribution is 2.35. The van der Waals surface area contributed by atoms with Crippen LogP contribution < -0.4 is 16.8 Å². The molecule has 31 heavy (non-hydrogen) atoms. The fourth-order valence-electron chi connectivity index (χ4n) is 2.78. The zero-order chi connectivity index (χ0) is 23.3. The number of H-pyrrole nitrogens is 2. The Balaban J connectivity index is 2.38. The number of hydrogen-bond donors (Lipinski definition) is 8. The topological polar surface area (TPSA) is 248 Å². The fourth-order valence-corrected chi connectivity index (χ4v) is 3.15. The largest absolute Gasteiger partial charge is 0.469 e. The van der Waals surface area contributed by atoms with E-state index in [0.717, 1.165) is 4.57 Å². The van der Waals surface area contributed by atoms with E-state index in [1.54, 1.807) is 0 Å². The van der Waals surface area contributed by atoms with Crippen LogP contribution >= 0.6 is 7.82 Å². The van der Waals surface area contributed by atoms with E-state index in [-0.39, 0.29) is 42.7 Å². The van der Waals surface area contributed by atoms with Gasteiger partial charge in [-0.05, 0) is 19.3 Å². The van der Waals surface area contributed by atoms with Crippen molar-refractivity contribution in [3.63, 3.8) is 0 Å². The lowest BCUT2D eigenvalue weighted by Crippen LogP contribution is -2.44. The third kappa shape index (κ3) is 6.62. The second-order valence-electron chi connectivity index (χ2n) is 6.67. The number of fused-ring (bicyclic) bond motifs is 1. The van der Waals surface area contributed by atoms with Crippen LogP contribution in [0.4, 0.5) is 0 Å². The van der Waals surface area contributed by atoms with Gasteiger partial charge < -0.3 is 30.2 Å². The summed E-state index contributed by atoms with van der Waals surface area (Å²) in [5.41, 5.74) is -3.47. The molecule has 0 unspecified atom stereocenters. The highest BCUT2D eigenvalue weighted by molar-refractivity contribution is 7.46. The Hall–Kier alpha value is -2.23. The highest BCUT2D eigenvalue weighted by atomic mass is 31.2. The van der Waals surface area contributed by atoms with Gasteiger partial charge in [0.15, 0.2) is 5.52 Å². The number of rotatable bonds is 11. The van der Waals surface area contributed by atoms with Crippen LogP contribution in [0, 0.1) is 0 Å². The second kappa shape index (κ2) is 10.4. The van der Waals surface area contributed by atoms with Gasteiger partial charge >= 0.3 is 13.5 Å². The molecule has 15 nitrogen and oxygen atoms in total. The molecule has 16 heteroatoms. The molecule has 174 valence electrons. The minimum absolute atomic E-state index is 0.0320. The second-order valence-corrected chi connectivity index (χ2v) is 7.91. The molecule has 2 heterocycles. The quantitative estimate of drug-likeness (QED) is 0.118. The van der Waals surface area contributed by atoms with Crippen molar-refractivity contribution in [3.05, 3.63) is 36.9 Å². The number of aryl methyl sites for hydroxylation is 1. The summed E-state index contributed by atoms with van der Waals surface area (Å²) in [5.74, 6) is 0. The summed E-state index contributed by atoms with van der Waals surface area (Å²) in [6, 6.07) is 0. The van der Waals surface area contributed by atoms with Gasteiger partial charge in [-0.2, -0.15) is 0 Å². The van der Waals surface area contributed by atoms with Gasteiger partial charge in [0.1, 0.15) is 29.7 Å². The minimum atomic E-state index is -4.63. The van der Waals surface area contributed by atoms with Crippen molar-refractivity contribution in [1.29, 1.82) is 0 Å². The molecule has 0 aliphatic rings. The van der Waals surface area contributed by atoms with E-state index in [9.17, 15) is 34.3 Å². The molecule has 0 saturated heterocycles. The predicted octanol–water partition coefficient (Wildman–Crippen LogP) is -3.72. The first kappa shape index (κ1) is 25.0. The van der Waals surface area contributed by atoms with Gasteiger partial charge in [0.2, 0.25) is 0 Å². The lowest BCUT2D eigenvalue weighted by Gasteiger charge is -2.22. The lowest BCUT2D eigenvalue weighted by atomic mass is 10.1. The first-order chi connectivity index (χ1) is 14.4. The Morgan fingerprint density at radius 3 is 2.35 bits per heavy atom. The zero-order valence-corrected chi connectivity index (χ0v) is 16.9. The number of aliphatic hydroxyl groups is 4. The normalized spacial score (nSPS) is 15.2. The van der Waals surface area contributed by atoms with Crippen LogP contribution in [0.5, 0.6) is 0 Å². The van der Waals surface area contributed by atoms with Crippen LogP contribution in [0.25, 0.3) is 11.2 Å². The molecular weight excluding hydrogens is 443 g/mol. The summed E-state index contributed by atoms with van der Waals surface area (Å²) >= 11 is 0. The maximum Gasteiger partial charge on any atom is 0.469 e. The Bertz CT molecular complexity index is 1120. The van der Waals surface area contributed by atoms with Crippen LogP contribution in [0.1, 0.15) is 18.5 Å². The van der Waals surface area contributed by atoms with Crippen molar-refractivity contribution in [2.75, 3.05) is 13.2 Å². The Morgan fingerprint density at radius 1 is 1.06 bits per heavy atom. The lowest BCUT2D eigenvalue weighted by molar-refractivity contribution is -0.0805. The monoisotopic (exact) mass is 466 g/mol. The van der Waals surface area contributed by atoms with Crippen LogP contribution in [0.2, 0.25) is 0 Å². The first-order valence-corrected chi connectivity index (χ1v) is 10.6. The molecule has 2 aromatic rings. The molecule has 2 rings (SSSR count). The standard InChI is InChI=1S/C15H23N4O11P/c20-6-9(22)11(23)8(21)5-19-12-10(13(24)18-15(26)17-12)16-7(14(19)25)3-1-2-4-30-31(27,28)29/h8-9,11,20-23H,1-6H2,(H2,27,28,29)(H2,17,18,24,26)/t8-,9+,11-/m0/s1. The molecule has 2 aromatic heterocycles. The summed E-state index contributed by atoms with van der Waals surface area (Å²) < 4.78 is 15.8. The van der Waals surface area contributed by atoms with Crippen molar-refractivity contribution >= 4 is 19.0 Å². The summed E-state index contributed by atoms with van der Waals surface area (Å²) in [6.07, 6.45) is -4.97. The SMILES string of the molecule is O=c1[nH]c(=O)c2nc(CCCCOP(=O)(O)O)c(=O)n(C[C@H](O)[C@H](O)[C@H](O)CO)c2[nH]1. The molecule has 3 atom stereocenters. The molecule has 0 aliphatic heterocycles. The van der Waals surface area contributed by atoms with Gasteiger partial charge in [-0.25, -0.2) is 14.3 Å². The van der Waals surface area contributed by atoms with E-state index in [0.29, 0.717) is 0 Å². The van der Waals surface area contributed by atoms with Crippen LogP contribution in [-0.4, -0.2) is 81.3 Å². The number of unbranched alkanes of at least 4 members (excludes halogenated alkanes) is 1. The van der Waals surface area contributed by atoms with Crippen molar-refractivity contribution in [2.45, 2.75) is 44.1 Å². The first-order valence-electron chi connectivity index (χ1n) is 9.05. The van der Waals surface area contributed by atoms with E-state index in [2.05, 4.69) is 14.5 Å². The van der Waals surface area contributed by atoms with Crippen molar-refractivity contribution < 1.29 is 39.3 Å². The molecule has 0 saturated carbocycles. The molecule has 0 aliphatic carbocycles. The number of aromatic amines is 2. The van der Waals surface area contributed by atoms with Crippen molar-refractivity contribution in [3.8, 4) is 0 Å². The van der Waals surface area contributed by atoms with E-state index in [1.807, 2.05) is 4.98 Å². The van der Waals surface area contributed by atoms with E-state index >= 15 is 0 Å². The maximum atomic E-state index is 12.8. The van der Waals surface area contributed by atoms with Gasteiger partial charge in [0, 0.05) is 0 Å². The average Bonchev–Trinajstić information content (AvgIpc) is 2.68. The molecule has 0 radical (unpaired) electrons. The summed E-state index contributed by atoms with van der Waals surface area (Å²) in [6.45, 7) is -1.80. The van der Waals surface area contributed by atoms with Gasteiger partial charge in [-0.1, -0.05) is 0 Å². The van der Waals surface area contributed by atoms with Crippen molar-refractivity contribution in [2.24, 2.45) is 0 Å². The maximum absolute atomic E-state index is 12.8. The molecule has 8 N–H and O–H groups in total. The van der Waals surface area contributed by atoms with Crippen LogP contribution in [-0.2, 0) is 22.1 Å². The molecule has 0 fully saturated rings. The number of nitrogens with zero attached hydrogens (tertiary/aromatic N) is 2. The van der Waals surface area contributed by atoms with E-state index < -0.39 is 56.1 Å². The van der Waals surface area contributed by atoms with Gasteiger partial charge in [0.25, 0.3) is 11.1 Å². The molecule has 0 aromatic carbocycles. The summed E-state index contributed by atoms with van der Waals surface area (Å²) in [7, 11) is -4.63. The third-order valence-corrected chi connectivity index (χ3v) is 4.84. The number of phosphoric acid groups is 1. The van der Waals surface area contributed by atoms with Gasteiger partial charge in [-0.3, -0.25) is 28.6 Å². The van der Waals surface area contributed by atoms with Gasteiger partial charge in [0.05, 0.1) is 19.8 Å². The molecule has 0 spiro atoms. The minimum Gasteiger partial charge on any atom is -0.394 e. The number of phosphoric ester groups is 1. The predicted molar refractivity (Wildman–Crippen MR) is 103 cm³/mol. The van der Waals surface area contributed by atoms with Crippen LogP contribution in [0.3, 0.4) is 0 Å². The van der Waals surface area contributed by atoms with Gasteiger partial charge in [-0.15, -0.1) is 0 Å². The summed E-state index contributed by atoms with van der Waals surface area (Å²) in [4.78, 5) is 62.0. The van der Waals surface area contributed by atoms with E-state index in [4.69, 9.17) is 14.9 Å². The van der Waals surface area contributed by atoms with E-state index in [1.165, 1.54) is 0 Å². The Labute approximate surface area is 172 Å². The Kier molecular flexibility index (Phi) is 8.39. The molecule has 0 amide bonds. The fraction of sp³-hybridized carbons (Fsp3) is 0.600. The number of nitrogens with one attached hydrogen (secondary N) is 2. The number of aromatic nitrogens is 4. The van der Waals surface area contributed by atoms with Crippen LogP contribution in [0.15, 0.2) is 14.4 Å². The number of hydrogen-bond acceptors (Lipinski definition) is 10. The average molecular weight is 466 g/mol. The summed E-state index contributed by atoms with van der Waals surface area (Å²) in [5, 5.41) is 38.4. The van der Waals surface area contributed by atoms with Crippen molar-refractivity contribution in [1.82, 2.24) is 19.5 Å². The molecular formula is C15H23N4O11P. The third-order valence-electron chi connectivity index (χ3n) is 4.32. The smallest absolute Gasteiger partial charge is 0.394 e. The Morgan fingerprint density at radius 2 is 1.74 bits per heavy atom. The number of aliphatic hydroxyl groups excluding tert-OH is 4. The highest BCUT2D eigenvalue weighted by Gasteiger charge is 2.26. The molecule has 0 bridgehead atoms.